The van der Waals surface area contributed by atoms with Crippen LogP contribution in [0.25, 0.3) is 5.69 Å². The average Bonchev–Trinajstić information content (AvgIpc) is 3.14. The van der Waals surface area contributed by atoms with E-state index in [0.29, 0.717) is 29.2 Å². The summed E-state index contributed by atoms with van der Waals surface area (Å²) in [6, 6.07) is 13.8. The van der Waals surface area contributed by atoms with Crippen LogP contribution in [0.2, 0.25) is 0 Å². The lowest BCUT2D eigenvalue weighted by molar-refractivity contribution is -0.137. The molecule has 4 aromatic rings. The van der Waals surface area contributed by atoms with Crippen LogP contribution in [0, 0.1) is 31.3 Å². The largest absolute Gasteiger partial charge is 0.489 e. The first kappa shape index (κ1) is 25.9. The summed E-state index contributed by atoms with van der Waals surface area (Å²) < 4.78 is 87.9. The van der Waals surface area contributed by atoms with Crippen molar-refractivity contribution >= 4 is 11.6 Å². The Hall–Kier alpha value is -4.21. The summed E-state index contributed by atoms with van der Waals surface area (Å²) in [4.78, 5) is 13.0. The average molecular weight is 518 g/mol. The first-order valence-electron chi connectivity index (χ1n) is 11.0. The molecule has 10 heteroatoms. The summed E-state index contributed by atoms with van der Waals surface area (Å²) in [5, 5.41) is 2.66. The fourth-order valence-corrected chi connectivity index (χ4v) is 3.97. The number of nitrogens with one attached hydrogen (secondary N) is 1. The number of aryl methyl sites for hydroxylation is 1. The van der Waals surface area contributed by atoms with Crippen LogP contribution in [-0.4, -0.2) is 10.5 Å². The molecule has 0 unspecified atom stereocenters. The van der Waals surface area contributed by atoms with Crippen molar-refractivity contribution in [3.05, 3.63) is 112 Å². The summed E-state index contributed by atoms with van der Waals surface area (Å²) in [6.07, 6.45) is -4.58. The van der Waals surface area contributed by atoms with Gasteiger partial charge in [0.25, 0.3) is 5.91 Å². The highest BCUT2D eigenvalue weighted by Gasteiger charge is 2.34. The molecule has 4 rings (SSSR count). The molecule has 1 amide bonds. The number of carbonyl (C=O) groups is 1. The van der Waals surface area contributed by atoms with Crippen LogP contribution >= 0.6 is 0 Å². The molecular formula is C27H20F6N2O2. The number of amides is 1. The van der Waals surface area contributed by atoms with Gasteiger partial charge in [0.15, 0.2) is 11.6 Å². The molecule has 3 aromatic carbocycles. The second-order valence-corrected chi connectivity index (χ2v) is 8.26. The molecule has 4 nitrogen and oxygen atoms in total. The topological polar surface area (TPSA) is 43.3 Å². The quantitative estimate of drug-likeness (QED) is 0.214. The van der Waals surface area contributed by atoms with Crippen LogP contribution in [0.3, 0.4) is 0 Å². The minimum Gasteiger partial charge on any atom is -0.489 e. The maximum Gasteiger partial charge on any atom is 0.418 e. The van der Waals surface area contributed by atoms with Crippen molar-refractivity contribution in [2.24, 2.45) is 0 Å². The van der Waals surface area contributed by atoms with Crippen LogP contribution in [0.4, 0.5) is 32.0 Å². The van der Waals surface area contributed by atoms with Gasteiger partial charge in [0.1, 0.15) is 18.2 Å². The van der Waals surface area contributed by atoms with E-state index >= 15 is 0 Å². The highest BCUT2D eigenvalue weighted by Crippen LogP contribution is 2.35. The van der Waals surface area contributed by atoms with Gasteiger partial charge >= 0.3 is 6.18 Å². The monoisotopic (exact) mass is 518 g/mol. The Labute approximate surface area is 208 Å². The second-order valence-electron chi connectivity index (χ2n) is 8.26. The van der Waals surface area contributed by atoms with Crippen LogP contribution < -0.4 is 10.1 Å². The number of hydrogen-bond donors (Lipinski definition) is 1. The van der Waals surface area contributed by atoms with Gasteiger partial charge in [0.05, 0.1) is 16.8 Å². The zero-order valence-corrected chi connectivity index (χ0v) is 19.6. The number of ether oxygens (including phenoxy) is 1. The van der Waals surface area contributed by atoms with Crippen LogP contribution in [0.5, 0.6) is 5.75 Å². The van der Waals surface area contributed by atoms with Gasteiger partial charge < -0.3 is 14.6 Å². The normalized spacial score (nSPS) is 11.5. The molecule has 0 saturated carbocycles. The summed E-state index contributed by atoms with van der Waals surface area (Å²) in [7, 11) is 0. The highest BCUT2D eigenvalue weighted by molar-refractivity contribution is 6.05. The maximum absolute atomic E-state index is 13.8. The van der Waals surface area contributed by atoms with Gasteiger partial charge in [-0.2, -0.15) is 13.2 Å². The molecule has 0 aliphatic carbocycles. The molecular weight excluding hydrogens is 498 g/mol. The number of para-hydroxylation sites is 1. The molecule has 0 aliphatic rings. The van der Waals surface area contributed by atoms with E-state index in [4.69, 9.17) is 4.74 Å². The number of halogens is 6. The minimum atomic E-state index is -4.58. The van der Waals surface area contributed by atoms with E-state index in [1.54, 1.807) is 26.0 Å². The predicted molar refractivity (Wildman–Crippen MR) is 125 cm³/mol. The smallest absolute Gasteiger partial charge is 0.418 e. The van der Waals surface area contributed by atoms with E-state index in [1.165, 1.54) is 41.0 Å². The van der Waals surface area contributed by atoms with E-state index in [1.807, 2.05) is 0 Å². The third-order valence-corrected chi connectivity index (χ3v) is 5.70. The standard InChI is InChI=1S/C27H20F6N2O2/c1-15-10-20(16(2)35(15)25-9-4-3-8-21(25)27(31,32)33)26(36)34-18-6-5-7-19(12-18)37-14-17-11-23(29)24(30)13-22(17)28/h3-13H,14H2,1-2H3,(H,34,36). The fourth-order valence-electron chi connectivity index (χ4n) is 3.97. The van der Waals surface area contributed by atoms with E-state index in [2.05, 4.69) is 5.32 Å². The Balaban J connectivity index is 1.54. The Morgan fingerprint density at radius 3 is 2.32 bits per heavy atom. The van der Waals surface area contributed by atoms with Gasteiger partial charge in [-0.1, -0.05) is 18.2 Å². The molecule has 0 atom stereocenters. The van der Waals surface area contributed by atoms with Crippen LogP contribution in [0.1, 0.15) is 32.9 Å². The Bertz CT molecular complexity index is 1480. The summed E-state index contributed by atoms with van der Waals surface area (Å²) in [5.41, 5.74) is 0.103. The van der Waals surface area contributed by atoms with Crippen molar-refractivity contribution in [3.63, 3.8) is 0 Å². The second kappa shape index (κ2) is 10.0. The van der Waals surface area contributed by atoms with Crippen molar-refractivity contribution < 1.29 is 35.9 Å². The third-order valence-electron chi connectivity index (χ3n) is 5.70. The first-order valence-corrected chi connectivity index (χ1v) is 11.0. The fraction of sp³-hybridized carbons (Fsp3) is 0.148. The van der Waals surface area contributed by atoms with E-state index in [0.717, 1.165) is 6.07 Å². The molecule has 1 heterocycles. The number of anilines is 1. The molecule has 0 bridgehead atoms. The molecule has 0 radical (unpaired) electrons. The van der Waals surface area contributed by atoms with Gasteiger partial charge in [-0.3, -0.25) is 4.79 Å². The SMILES string of the molecule is Cc1cc(C(=O)Nc2cccc(OCc3cc(F)c(F)cc3F)c2)c(C)n1-c1ccccc1C(F)(F)F. The summed E-state index contributed by atoms with van der Waals surface area (Å²) in [5.74, 6) is -3.84. The zero-order chi connectivity index (χ0) is 26.9. The van der Waals surface area contributed by atoms with Gasteiger partial charge in [0.2, 0.25) is 0 Å². The van der Waals surface area contributed by atoms with Gasteiger partial charge in [-0.15, -0.1) is 0 Å². The highest BCUT2D eigenvalue weighted by atomic mass is 19.4. The number of rotatable bonds is 6. The van der Waals surface area contributed by atoms with Crippen molar-refractivity contribution in [1.82, 2.24) is 4.57 Å². The van der Waals surface area contributed by atoms with Gasteiger partial charge in [0, 0.05) is 34.8 Å². The summed E-state index contributed by atoms with van der Waals surface area (Å²) in [6.45, 7) is 2.76. The summed E-state index contributed by atoms with van der Waals surface area (Å²) >= 11 is 0. The lowest BCUT2D eigenvalue weighted by Gasteiger charge is -2.17. The number of hydrogen-bond acceptors (Lipinski definition) is 2. The number of aromatic nitrogens is 1. The lowest BCUT2D eigenvalue weighted by atomic mass is 10.1. The number of nitrogens with zero attached hydrogens (tertiary/aromatic N) is 1. The number of benzene rings is 3. The molecule has 0 saturated heterocycles. The third kappa shape index (κ3) is 5.47. The Morgan fingerprint density at radius 1 is 0.892 bits per heavy atom. The molecule has 0 aliphatic heterocycles. The number of alkyl halides is 3. The Morgan fingerprint density at radius 2 is 1.59 bits per heavy atom. The predicted octanol–water partition coefficient (Wildman–Crippen LogP) is 7.36. The van der Waals surface area contributed by atoms with Crippen molar-refractivity contribution in [3.8, 4) is 11.4 Å². The van der Waals surface area contributed by atoms with E-state index < -0.39 is 35.1 Å². The molecule has 0 fully saturated rings. The van der Waals surface area contributed by atoms with Crippen molar-refractivity contribution in [2.75, 3.05) is 5.32 Å². The molecule has 0 spiro atoms. The molecule has 1 N–H and O–H groups in total. The van der Waals surface area contributed by atoms with Crippen molar-refractivity contribution in [2.45, 2.75) is 26.6 Å². The van der Waals surface area contributed by atoms with Crippen LogP contribution in [0.15, 0.2) is 66.7 Å². The lowest BCUT2D eigenvalue weighted by Crippen LogP contribution is -2.15. The molecule has 192 valence electrons. The first-order chi connectivity index (χ1) is 17.5. The molecule has 37 heavy (non-hydrogen) atoms. The van der Waals surface area contributed by atoms with Gasteiger partial charge in [-0.25, -0.2) is 13.2 Å². The maximum atomic E-state index is 13.8. The van der Waals surface area contributed by atoms with E-state index in [-0.39, 0.29) is 29.2 Å². The van der Waals surface area contributed by atoms with Crippen LogP contribution in [-0.2, 0) is 12.8 Å². The van der Waals surface area contributed by atoms with E-state index in [9.17, 15) is 31.1 Å². The number of carbonyl (C=O) groups excluding carboxylic acids is 1. The Kier molecular flexibility index (Phi) is 7.02. The van der Waals surface area contributed by atoms with Gasteiger partial charge in [-0.05, 0) is 50.2 Å². The van der Waals surface area contributed by atoms with Crippen molar-refractivity contribution in [1.29, 1.82) is 0 Å². The minimum absolute atomic E-state index is 0.0936. The molecule has 1 aromatic heterocycles. The zero-order valence-electron chi connectivity index (χ0n) is 19.6.